The van der Waals surface area contributed by atoms with E-state index in [1.165, 1.54) is 32.2 Å². The molecule has 5 nitrogen and oxygen atoms in total. The molecule has 1 amide bonds. The second kappa shape index (κ2) is 5.54. The summed E-state index contributed by atoms with van der Waals surface area (Å²) in [5.74, 6) is -1.33. The summed E-state index contributed by atoms with van der Waals surface area (Å²) in [6.45, 7) is 1.38. The Kier molecular flexibility index (Phi) is 4.34. The summed E-state index contributed by atoms with van der Waals surface area (Å²) in [5, 5.41) is 11.4. The van der Waals surface area contributed by atoms with Crippen LogP contribution < -0.4 is 10.1 Å². The van der Waals surface area contributed by atoms with E-state index in [1.54, 1.807) is 0 Å². The lowest BCUT2D eigenvalue weighted by molar-refractivity contribution is -0.138. The lowest BCUT2D eigenvalue weighted by Crippen LogP contribution is -2.38. The van der Waals surface area contributed by atoms with Gasteiger partial charge in [0, 0.05) is 5.02 Å². The van der Waals surface area contributed by atoms with E-state index >= 15 is 0 Å². The monoisotopic (exact) mass is 257 g/mol. The van der Waals surface area contributed by atoms with Gasteiger partial charge < -0.3 is 15.2 Å². The van der Waals surface area contributed by atoms with Gasteiger partial charge >= 0.3 is 5.97 Å². The van der Waals surface area contributed by atoms with E-state index in [2.05, 4.69) is 5.32 Å². The van der Waals surface area contributed by atoms with Crippen LogP contribution in [0, 0.1) is 0 Å². The van der Waals surface area contributed by atoms with E-state index in [0.29, 0.717) is 10.8 Å². The number of carboxylic acid groups (broad SMARTS) is 1. The molecule has 1 aromatic carbocycles. The number of hydrogen-bond acceptors (Lipinski definition) is 3. The van der Waals surface area contributed by atoms with Crippen molar-refractivity contribution in [2.75, 3.05) is 7.11 Å². The molecule has 0 radical (unpaired) electrons. The first-order chi connectivity index (χ1) is 7.95. The second-order valence-corrected chi connectivity index (χ2v) is 3.81. The average molecular weight is 258 g/mol. The number of halogens is 1. The van der Waals surface area contributed by atoms with Gasteiger partial charge in [-0.25, -0.2) is 0 Å². The van der Waals surface area contributed by atoms with Crippen molar-refractivity contribution >= 4 is 23.5 Å². The van der Waals surface area contributed by atoms with Crippen LogP contribution >= 0.6 is 11.6 Å². The zero-order valence-electron chi connectivity index (χ0n) is 9.36. The van der Waals surface area contributed by atoms with Gasteiger partial charge in [0.15, 0.2) is 0 Å². The number of methoxy groups -OCH3 is 1. The van der Waals surface area contributed by atoms with Gasteiger partial charge in [0.05, 0.1) is 12.7 Å². The van der Waals surface area contributed by atoms with Crippen LogP contribution in [-0.4, -0.2) is 30.1 Å². The first kappa shape index (κ1) is 13.3. The summed E-state index contributed by atoms with van der Waals surface area (Å²) < 4.78 is 5.00. The third-order valence-corrected chi connectivity index (χ3v) is 2.36. The van der Waals surface area contributed by atoms with Crippen molar-refractivity contribution < 1.29 is 19.4 Å². The van der Waals surface area contributed by atoms with Crippen LogP contribution in [0.5, 0.6) is 5.75 Å². The molecule has 0 fully saturated rings. The van der Waals surface area contributed by atoms with Gasteiger partial charge in [0.2, 0.25) is 0 Å². The molecule has 1 aromatic rings. The van der Waals surface area contributed by atoms with Crippen molar-refractivity contribution in [3.63, 3.8) is 0 Å². The Bertz CT molecular complexity index is 447. The highest BCUT2D eigenvalue weighted by atomic mass is 35.5. The lowest BCUT2D eigenvalue weighted by atomic mass is 10.1. The molecule has 0 spiro atoms. The molecule has 2 N–H and O–H groups in total. The standard InChI is InChI=1S/C11H12ClNO4/c1-6(11(15)16)13-10(14)8-4-3-7(12)5-9(8)17-2/h3-6H,1-2H3,(H,13,14)(H,15,16)/t6-/m1/s1. The molecule has 0 saturated carbocycles. The number of ether oxygens (including phenoxy) is 1. The number of benzene rings is 1. The van der Waals surface area contributed by atoms with Gasteiger partial charge in [0.1, 0.15) is 11.8 Å². The zero-order chi connectivity index (χ0) is 13.0. The van der Waals surface area contributed by atoms with Gasteiger partial charge in [-0.15, -0.1) is 0 Å². The molecule has 0 aliphatic heterocycles. The zero-order valence-corrected chi connectivity index (χ0v) is 10.1. The topological polar surface area (TPSA) is 75.6 Å². The number of amides is 1. The van der Waals surface area contributed by atoms with E-state index in [4.69, 9.17) is 21.4 Å². The Balaban J connectivity index is 2.92. The van der Waals surface area contributed by atoms with E-state index < -0.39 is 17.9 Å². The van der Waals surface area contributed by atoms with Gasteiger partial charge in [-0.1, -0.05) is 11.6 Å². The molecule has 17 heavy (non-hydrogen) atoms. The van der Waals surface area contributed by atoms with Crippen LogP contribution in [-0.2, 0) is 4.79 Å². The molecular weight excluding hydrogens is 246 g/mol. The highest BCUT2D eigenvalue weighted by Gasteiger charge is 2.18. The highest BCUT2D eigenvalue weighted by molar-refractivity contribution is 6.30. The number of aliphatic carboxylic acids is 1. The number of hydrogen-bond donors (Lipinski definition) is 2. The fraction of sp³-hybridized carbons (Fsp3) is 0.273. The molecular formula is C11H12ClNO4. The van der Waals surface area contributed by atoms with Crippen LogP contribution in [0.4, 0.5) is 0 Å². The third-order valence-electron chi connectivity index (χ3n) is 2.13. The van der Waals surface area contributed by atoms with Gasteiger partial charge in [0.25, 0.3) is 5.91 Å². The highest BCUT2D eigenvalue weighted by Crippen LogP contribution is 2.22. The maximum atomic E-state index is 11.8. The SMILES string of the molecule is COc1cc(Cl)ccc1C(=O)N[C@H](C)C(=O)O. The van der Waals surface area contributed by atoms with Crippen molar-refractivity contribution in [2.45, 2.75) is 13.0 Å². The van der Waals surface area contributed by atoms with Crippen LogP contribution in [0.15, 0.2) is 18.2 Å². The number of nitrogens with one attached hydrogen (secondary N) is 1. The number of carbonyl (C=O) groups excluding carboxylic acids is 1. The fourth-order valence-electron chi connectivity index (χ4n) is 1.19. The number of carbonyl (C=O) groups is 2. The molecule has 92 valence electrons. The summed E-state index contributed by atoms with van der Waals surface area (Å²) in [4.78, 5) is 22.4. The first-order valence-electron chi connectivity index (χ1n) is 4.83. The quantitative estimate of drug-likeness (QED) is 0.858. The molecule has 6 heteroatoms. The van der Waals surface area contributed by atoms with E-state index in [0.717, 1.165) is 0 Å². The summed E-state index contributed by atoms with van der Waals surface area (Å²) in [7, 11) is 1.41. The van der Waals surface area contributed by atoms with Crippen LogP contribution in [0.3, 0.4) is 0 Å². The summed E-state index contributed by atoms with van der Waals surface area (Å²) >= 11 is 5.75. The van der Waals surface area contributed by atoms with Gasteiger partial charge in [-0.3, -0.25) is 9.59 Å². The Morgan fingerprint density at radius 3 is 2.65 bits per heavy atom. The normalized spacial score (nSPS) is 11.7. The van der Waals surface area contributed by atoms with Crippen LogP contribution in [0.2, 0.25) is 5.02 Å². The van der Waals surface area contributed by atoms with E-state index in [-0.39, 0.29) is 5.56 Å². The van der Waals surface area contributed by atoms with Crippen molar-refractivity contribution in [1.29, 1.82) is 0 Å². The first-order valence-corrected chi connectivity index (χ1v) is 5.20. The van der Waals surface area contributed by atoms with Crippen LogP contribution in [0.1, 0.15) is 17.3 Å². The van der Waals surface area contributed by atoms with Gasteiger partial charge in [-0.05, 0) is 25.1 Å². The van der Waals surface area contributed by atoms with E-state index in [9.17, 15) is 9.59 Å². The molecule has 0 aromatic heterocycles. The van der Waals surface area contributed by atoms with E-state index in [1.807, 2.05) is 0 Å². The number of rotatable bonds is 4. The third kappa shape index (κ3) is 3.35. The second-order valence-electron chi connectivity index (χ2n) is 3.38. The molecule has 0 aliphatic carbocycles. The minimum absolute atomic E-state index is 0.241. The van der Waals surface area contributed by atoms with Crippen molar-refractivity contribution in [2.24, 2.45) is 0 Å². The van der Waals surface area contributed by atoms with Crippen molar-refractivity contribution in [1.82, 2.24) is 5.32 Å². The molecule has 0 heterocycles. The predicted molar refractivity (Wildman–Crippen MR) is 62.6 cm³/mol. The summed E-state index contributed by atoms with van der Waals surface area (Å²) in [6.07, 6.45) is 0. The molecule has 1 atom stereocenters. The number of carboxylic acids is 1. The molecule has 0 unspecified atom stereocenters. The fourth-order valence-corrected chi connectivity index (χ4v) is 1.35. The minimum Gasteiger partial charge on any atom is -0.496 e. The molecule has 1 rings (SSSR count). The maximum absolute atomic E-state index is 11.8. The smallest absolute Gasteiger partial charge is 0.325 e. The van der Waals surface area contributed by atoms with Crippen LogP contribution in [0.25, 0.3) is 0 Å². The summed E-state index contributed by atoms with van der Waals surface area (Å²) in [5.41, 5.74) is 0.241. The average Bonchev–Trinajstić information content (AvgIpc) is 2.28. The Morgan fingerprint density at radius 1 is 1.47 bits per heavy atom. The van der Waals surface area contributed by atoms with Crippen molar-refractivity contribution in [3.8, 4) is 5.75 Å². The molecule has 0 aliphatic rings. The van der Waals surface area contributed by atoms with Crippen molar-refractivity contribution in [3.05, 3.63) is 28.8 Å². The molecule has 0 bridgehead atoms. The lowest BCUT2D eigenvalue weighted by Gasteiger charge is -2.12. The minimum atomic E-state index is -1.11. The Labute approximate surface area is 103 Å². The Morgan fingerprint density at radius 2 is 2.12 bits per heavy atom. The summed E-state index contributed by atoms with van der Waals surface area (Å²) in [6, 6.07) is 3.53. The van der Waals surface area contributed by atoms with Gasteiger partial charge in [-0.2, -0.15) is 0 Å². The predicted octanol–water partition coefficient (Wildman–Crippen LogP) is 1.55. The molecule has 0 saturated heterocycles. The largest absolute Gasteiger partial charge is 0.496 e. The maximum Gasteiger partial charge on any atom is 0.325 e. The Hall–Kier alpha value is -1.75.